The predicted molar refractivity (Wildman–Crippen MR) is 83.6 cm³/mol. The molecule has 1 N–H and O–H groups in total. The van der Waals surface area contributed by atoms with Crippen LogP contribution in [0.2, 0.25) is 0 Å². The van der Waals surface area contributed by atoms with E-state index in [0.717, 1.165) is 6.54 Å². The lowest BCUT2D eigenvalue weighted by atomic mass is 10.1. The fourth-order valence-corrected chi connectivity index (χ4v) is 2.11. The molecule has 19 heavy (non-hydrogen) atoms. The van der Waals surface area contributed by atoms with Crippen molar-refractivity contribution in [2.45, 2.75) is 65.6 Å². The van der Waals surface area contributed by atoms with Crippen molar-refractivity contribution in [2.75, 3.05) is 11.9 Å². The Morgan fingerprint density at radius 2 is 2.05 bits per heavy atom. The van der Waals surface area contributed by atoms with Gasteiger partial charge in [-0.3, -0.25) is 4.98 Å². The number of pyridine rings is 1. The minimum absolute atomic E-state index is 0.126. The zero-order valence-corrected chi connectivity index (χ0v) is 13.3. The third-order valence-corrected chi connectivity index (χ3v) is 3.43. The molecule has 0 saturated carbocycles. The molecule has 108 valence electrons. The highest BCUT2D eigenvalue weighted by molar-refractivity contribution is 5.52. The van der Waals surface area contributed by atoms with E-state index < -0.39 is 0 Å². The van der Waals surface area contributed by atoms with Crippen molar-refractivity contribution in [1.29, 1.82) is 0 Å². The molecule has 0 aliphatic rings. The molecule has 0 radical (unpaired) electrons. The normalized spacial score (nSPS) is 13.4. The van der Waals surface area contributed by atoms with Crippen LogP contribution in [-0.2, 0) is 6.54 Å². The van der Waals surface area contributed by atoms with E-state index in [0.29, 0.717) is 6.04 Å². The molecule has 1 atom stereocenters. The topological polar surface area (TPSA) is 28.2 Å². The Morgan fingerprint density at radius 1 is 1.37 bits per heavy atom. The van der Waals surface area contributed by atoms with Gasteiger partial charge in [0.1, 0.15) is 0 Å². The van der Waals surface area contributed by atoms with Gasteiger partial charge in [-0.1, -0.05) is 13.3 Å². The second-order valence-electron chi connectivity index (χ2n) is 6.36. The molecule has 0 spiro atoms. The summed E-state index contributed by atoms with van der Waals surface area (Å²) in [7, 11) is 2.18. The fraction of sp³-hybridized carbons (Fsp3) is 0.688. The maximum atomic E-state index is 4.27. The molecule has 0 saturated heterocycles. The summed E-state index contributed by atoms with van der Waals surface area (Å²) in [5.41, 5.74) is 2.68. The molecule has 0 aromatic carbocycles. The van der Waals surface area contributed by atoms with Gasteiger partial charge in [0.05, 0.1) is 0 Å². The third kappa shape index (κ3) is 5.19. The Morgan fingerprint density at radius 3 is 2.63 bits per heavy atom. The lowest BCUT2D eigenvalue weighted by Gasteiger charge is -2.29. The van der Waals surface area contributed by atoms with Crippen molar-refractivity contribution < 1.29 is 0 Å². The van der Waals surface area contributed by atoms with Gasteiger partial charge in [-0.05, 0) is 40.2 Å². The summed E-state index contributed by atoms with van der Waals surface area (Å²) >= 11 is 0. The summed E-state index contributed by atoms with van der Waals surface area (Å²) in [6.45, 7) is 11.9. The minimum Gasteiger partial charge on any atom is -0.372 e. The van der Waals surface area contributed by atoms with Gasteiger partial charge in [0.25, 0.3) is 0 Å². The van der Waals surface area contributed by atoms with E-state index in [1.54, 1.807) is 0 Å². The van der Waals surface area contributed by atoms with Crippen LogP contribution < -0.4 is 10.2 Å². The number of hydrogen-bond donors (Lipinski definition) is 1. The van der Waals surface area contributed by atoms with Gasteiger partial charge in [-0.25, -0.2) is 0 Å². The molecule has 3 heteroatoms. The van der Waals surface area contributed by atoms with Gasteiger partial charge in [-0.2, -0.15) is 0 Å². The zero-order chi connectivity index (χ0) is 14.5. The van der Waals surface area contributed by atoms with Crippen molar-refractivity contribution in [1.82, 2.24) is 10.3 Å². The number of anilines is 1. The molecule has 0 fully saturated rings. The van der Waals surface area contributed by atoms with E-state index in [1.807, 2.05) is 12.4 Å². The molecular formula is C16H29N3. The summed E-state index contributed by atoms with van der Waals surface area (Å²) in [5, 5.41) is 3.54. The standard InChI is InChI=1S/C16H29N3/c1-7-8-13(2)19(6)15-9-10-17-11-14(15)12-18-16(3,4)5/h9-11,13,18H,7-8,12H2,1-6H3. The van der Waals surface area contributed by atoms with Crippen LogP contribution in [0.1, 0.15) is 53.0 Å². The van der Waals surface area contributed by atoms with E-state index in [1.165, 1.54) is 24.1 Å². The smallest absolute Gasteiger partial charge is 0.0442 e. The van der Waals surface area contributed by atoms with Crippen molar-refractivity contribution in [3.8, 4) is 0 Å². The highest BCUT2D eigenvalue weighted by Gasteiger charge is 2.15. The molecule has 1 rings (SSSR count). The molecule has 1 aromatic rings. The minimum atomic E-state index is 0.126. The first-order valence-electron chi connectivity index (χ1n) is 7.26. The number of nitrogens with zero attached hydrogens (tertiary/aromatic N) is 2. The number of rotatable bonds is 6. The van der Waals surface area contributed by atoms with Crippen LogP contribution in [-0.4, -0.2) is 23.6 Å². The van der Waals surface area contributed by atoms with E-state index in [2.05, 4.69) is 62.9 Å². The van der Waals surface area contributed by atoms with Crippen LogP contribution in [0.25, 0.3) is 0 Å². The second-order valence-corrected chi connectivity index (χ2v) is 6.36. The highest BCUT2D eigenvalue weighted by Crippen LogP contribution is 2.22. The Hall–Kier alpha value is -1.09. The summed E-state index contributed by atoms with van der Waals surface area (Å²) in [6, 6.07) is 2.67. The molecular weight excluding hydrogens is 234 g/mol. The number of hydrogen-bond acceptors (Lipinski definition) is 3. The van der Waals surface area contributed by atoms with E-state index >= 15 is 0 Å². The maximum absolute atomic E-state index is 4.27. The average Bonchev–Trinajstić information content (AvgIpc) is 2.35. The van der Waals surface area contributed by atoms with Crippen molar-refractivity contribution in [3.63, 3.8) is 0 Å². The number of aromatic nitrogens is 1. The van der Waals surface area contributed by atoms with Gasteiger partial charge in [0.2, 0.25) is 0 Å². The summed E-state index contributed by atoms with van der Waals surface area (Å²) < 4.78 is 0. The first-order chi connectivity index (χ1) is 8.85. The van der Waals surface area contributed by atoms with Gasteiger partial charge in [0, 0.05) is 48.8 Å². The van der Waals surface area contributed by atoms with Gasteiger partial charge < -0.3 is 10.2 Å². The lowest BCUT2D eigenvalue weighted by molar-refractivity contribution is 0.423. The average molecular weight is 263 g/mol. The molecule has 0 aliphatic heterocycles. The van der Waals surface area contributed by atoms with E-state index in [4.69, 9.17) is 0 Å². The van der Waals surface area contributed by atoms with Gasteiger partial charge in [-0.15, -0.1) is 0 Å². The maximum Gasteiger partial charge on any atom is 0.0442 e. The summed E-state index contributed by atoms with van der Waals surface area (Å²) in [4.78, 5) is 6.63. The molecule has 1 unspecified atom stereocenters. The van der Waals surface area contributed by atoms with Crippen molar-refractivity contribution in [2.24, 2.45) is 0 Å². The largest absolute Gasteiger partial charge is 0.372 e. The van der Waals surface area contributed by atoms with Crippen molar-refractivity contribution >= 4 is 5.69 Å². The Kier molecular flexibility index (Phi) is 5.80. The van der Waals surface area contributed by atoms with Gasteiger partial charge >= 0.3 is 0 Å². The van der Waals surface area contributed by atoms with Crippen LogP contribution in [0, 0.1) is 0 Å². The predicted octanol–water partition coefficient (Wildman–Crippen LogP) is 3.59. The Balaban J connectivity index is 2.83. The van der Waals surface area contributed by atoms with Crippen LogP contribution in [0.3, 0.4) is 0 Å². The summed E-state index contributed by atoms with van der Waals surface area (Å²) in [6.07, 6.45) is 6.28. The van der Waals surface area contributed by atoms with Crippen LogP contribution in [0.15, 0.2) is 18.5 Å². The first kappa shape index (κ1) is 16.0. The van der Waals surface area contributed by atoms with E-state index in [9.17, 15) is 0 Å². The molecule has 3 nitrogen and oxygen atoms in total. The molecule has 1 heterocycles. The monoisotopic (exact) mass is 263 g/mol. The molecule has 1 aromatic heterocycles. The summed E-state index contributed by atoms with van der Waals surface area (Å²) in [5.74, 6) is 0. The fourth-order valence-electron chi connectivity index (χ4n) is 2.11. The second kappa shape index (κ2) is 6.90. The highest BCUT2D eigenvalue weighted by atomic mass is 15.1. The quantitative estimate of drug-likeness (QED) is 0.850. The van der Waals surface area contributed by atoms with E-state index in [-0.39, 0.29) is 5.54 Å². The van der Waals surface area contributed by atoms with Crippen LogP contribution >= 0.6 is 0 Å². The first-order valence-corrected chi connectivity index (χ1v) is 7.26. The Bertz CT molecular complexity index is 382. The lowest BCUT2D eigenvalue weighted by Crippen LogP contribution is -2.36. The third-order valence-electron chi connectivity index (χ3n) is 3.43. The van der Waals surface area contributed by atoms with Gasteiger partial charge in [0.15, 0.2) is 0 Å². The Labute approximate surface area is 118 Å². The zero-order valence-electron chi connectivity index (χ0n) is 13.3. The van der Waals surface area contributed by atoms with Crippen LogP contribution in [0.5, 0.6) is 0 Å². The molecule has 0 amide bonds. The SMILES string of the molecule is CCCC(C)N(C)c1ccncc1CNC(C)(C)C. The number of nitrogens with one attached hydrogen (secondary N) is 1. The van der Waals surface area contributed by atoms with Crippen LogP contribution in [0.4, 0.5) is 5.69 Å². The molecule has 0 aliphatic carbocycles. The molecule has 0 bridgehead atoms. The van der Waals surface area contributed by atoms with Crippen molar-refractivity contribution in [3.05, 3.63) is 24.0 Å².